The minimum atomic E-state index is -0.398. The third kappa shape index (κ3) is 3.59. The van der Waals surface area contributed by atoms with Gasteiger partial charge in [0.2, 0.25) is 0 Å². The van der Waals surface area contributed by atoms with Gasteiger partial charge < -0.3 is 9.80 Å². The molecule has 23 heavy (non-hydrogen) atoms. The van der Waals surface area contributed by atoms with Gasteiger partial charge in [-0.05, 0) is 36.4 Å². The Morgan fingerprint density at radius 2 is 1.70 bits per heavy atom. The number of amides is 1. The summed E-state index contributed by atoms with van der Waals surface area (Å²) in [6, 6.07) is 11.3. The lowest BCUT2D eigenvalue weighted by Crippen LogP contribution is -2.48. The monoisotopic (exact) mass is 352 g/mol. The topological polar surface area (TPSA) is 23.6 Å². The lowest BCUT2D eigenvalue weighted by Gasteiger charge is -2.36. The number of rotatable bonds is 2. The standard InChI is InChI=1S/C17H15Cl2FN2O/c18-15-5-4-14(11-16(15)19)21-6-8-22(9-7-21)17(23)12-2-1-3-13(20)10-12/h1-5,10-11H,6-9H2. The molecule has 1 aliphatic heterocycles. The van der Waals surface area contributed by atoms with E-state index >= 15 is 0 Å². The highest BCUT2D eigenvalue weighted by atomic mass is 35.5. The molecule has 0 atom stereocenters. The summed E-state index contributed by atoms with van der Waals surface area (Å²) in [5.74, 6) is -0.538. The number of nitrogens with zero attached hydrogens (tertiary/aromatic N) is 2. The number of benzene rings is 2. The number of hydrogen-bond acceptors (Lipinski definition) is 2. The summed E-state index contributed by atoms with van der Waals surface area (Å²) < 4.78 is 13.2. The Kier molecular flexibility index (Phi) is 4.74. The van der Waals surface area contributed by atoms with Gasteiger partial charge in [-0.3, -0.25) is 4.79 Å². The maximum Gasteiger partial charge on any atom is 0.254 e. The average Bonchev–Trinajstić information content (AvgIpc) is 2.57. The molecular weight excluding hydrogens is 338 g/mol. The van der Waals surface area contributed by atoms with Crippen molar-refractivity contribution in [2.24, 2.45) is 0 Å². The molecule has 1 heterocycles. The van der Waals surface area contributed by atoms with Crippen LogP contribution in [0.15, 0.2) is 42.5 Å². The first kappa shape index (κ1) is 16.1. The number of carbonyl (C=O) groups is 1. The van der Waals surface area contributed by atoms with Gasteiger partial charge in [-0.15, -0.1) is 0 Å². The van der Waals surface area contributed by atoms with Crippen molar-refractivity contribution in [1.82, 2.24) is 4.90 Å². The fourth-order valence-corrected chi connectivity index (χ4v) is 2.95. The van der Waals surface area contributed by atoms with Gasteiger partial charge in [0.1, 0.15) is 5.82 Å². The third-order valence-corrected chi connectivity index (χ3v) is 4.65. The van der Waals surface area contributed by atoms with E-state index in [1.807, 2.05) is 12.1 Å². The first-order valence-electron chi connectivity index (χ1n) is 7.29. The number of hydrogen-bond donors (Lipinski definition) is 0. The van der Waals surface area contributed by atoms with Crippen LogP contribution >= 0.6 is 23.2 Å². The van der Waals surface area contributed by atoms with Crippen molar-refractivity contribution in [2.45, 2.75) is 0 Å². The van der Waals surface area contributed by atoms with E-state index in [2.05, 4.69) is 4.90 Å². The van der Waals surface area contributed by atoms with Crippen LogP contribution in [0, 0.1) is 5.82 Å². The molecule has 0 bridgehead atoms. The van der Waals surface area contributed by atoms with E-state index in [4.69, 9.17) is 23.2 Å². The first-order valence-corrected chi connectivity index (χ1v) is 8.05. The van der Waals surface area contributed by atoms with Crippen molar-refractivity contribution in [3.8, 4) is 0 Å². The van der Waals surface area contributed by atoms with Crippen LogP contribution in [-0.2, 0) is 0 Å². The normalized spacial score (nSPS) is 14.9. The van der Waals surface area contributed by atoms with E-state index in [0.29, 0.717) is 41.8 Å². The molecule has 6 heteroatoms. The van der Waals surface area contributed by atoms with E-state index in [-0.39, 0.29) is 5.91 Å². The smallest absolute Gasteiger partial charge is 0.254 e. The molecule has 0 N–H and O–H groups in total. The predicted octanol–water partition coefficient (Wildman–Crippen LogP) is 4.09. The summed E-state index contributed by atoms with van der Waals surface area (Å²) in [6.45, 7) is 2.54. The largest absolute Gasteiger partial charge is 0.368 e. The lowest BCUT2D eigenvalue weighted by atomic mass is 10.1. The number of anilines is 1. The molecule has 3 rings (SSSR count). The molecule has 120 valence electrons. The molecule has 0 aromatic heterocycles. The van der Waals surface area contributed by atoms with Gasteiger partial charge in [0, 0.05) is 37.4 Å². The van der Waals surface area contributed by atoms with E-state index in [1.165, 1.54) is 12.1 Å². The zero-order chi connectivity index (χ0) is 16.4. The molecule has 1 saturated heterocycles. The molecule has 0 aliphatic carbocycles. The lowest BCUT2D eigenvalue weighted by molar-refractivity contribution is 0.0746. The van der Waals surface area contributed by atoms with Crippen molar-refractivity contribution >= 4 is 34.8 Å². The molecule has 2 aromatic carbocycles. The fourth-order valence-electron chi connectivity index (χ4n) is 2.65. The minimum absolute atomic E-state index is 0.140. The van der Waals surface area contributed by atoms with Crippen molar-refractivity contribution in [2.75, 3.05) is 31.1 Å². The van der Waals surface area contributed by atoms with Crippen molar-refractivity contribution in [1.29, 1.82) is 0 Å². The molecule has 0 unspecified atom stereocenters. The summed E-state index contributed by atoms with van der Waals surface area (Å²) in [5.41, 5.74) is 1.37. The predicted molar refractivity (Wildman–Crippen MR) is 91.0 cm³/mol. The van der Waals surface area contributed by atoms with E-state index < -0.39 is 5.82 Å². The Morgan fingerprint density at radius 1 is 0.957 bits per heavy atom. The molecule has 0 spiro atoms. The van der Waals surface area contributed by atoms with E-state index in [9.17, 15) is 9.18 Å². The SMILES string of the molecule is O=C(c1cccc(F)c1)N1CCN(c2ccc(Cl)c(Cl)c2)CC1. The summed E-state index contributed by atoms with van der Waals surface area (Å²) in [4.78, 5) is 16.3. The maximum atomic E-state index is 13.2. The Hall–Kier alpha value is -1.78. The summed E-state index contributed by atoms with van der Waals surface area (Å²) in [5, 5.41) is 1.04. The zero-order valence-corrected chi connectivity index (χ0v) is 13.8. The van der Waals surface area contributed by atoms with Crippen LogP contribution in [0.25, 0.3) is 0 Å². The van der Waals surface area contributed by atoms with Gasteiger partial charge in [0.25, 0.3) is 5.91 Å². The van der Waals surface area contributed by atoms with Crippen molar-refractivity contribution in [3.63, 3.8) is 0 Å². The second-order valence-corrected chi connectivity index (χ2v) is 6.20. The van der Waals surface area contributed by atoms with Gasteiger partial charge in [-0.1, -0.05) is 29.3 Å². The van der Waals surface area contributed by atoms with Crippen LogP contribution < -0.4 is 4.90 Å². The van der Waals surface area contributed by atoms with Crippen LogP contribution in [0.3, 0.4) is 0 Å². The average molecular weight is 353 g/mol. The Morgan fingerprint density at radius 3 is 2.35 bits per heavy atom. The molecule has 3 nitrogen and oxygen atoms in total. The van der Waals surface area contributed by atoms with Gasteiger partial charge in [0.05, 0.1) is 10.0 Å². The molecule has 2 aromatic rings. The van der Waals surface area contributed by atoms with Gasteiger partial charge in [0.15, 0.2) is 0 Å². The number of piperazine rings is 1. The molecule has 0 radical (unpaired) electrons. The van der Waals surface area contributed by atoms with Crippen LogP contribution in [0.5, 0.6) is 0 Å². The number of carbonyl (C=O) groups excluding carboxylic acids is 1. The van der Waals surface area contributed by atoms with Gasteiger partial charge >= 0.3 is 0 Å². The number of halogens is 3. The molecule has 1 amide bonds. The van der Waals surface area contributed by atoms with Crippen LogP contribution in [0.1, 0.15) is 10.4 Å². The van der Waals surface area contributed by atoms with Crippen molar-refractivity contribution in [3.05, 3.63) is 63.9 Å². The van der Waals surface area contributed by atoms with Gasteiger partial charge in [-0.2, -0.15) is 0 Å². The first-order chi connectivity index (χ1) is 11.0. The zero-order valence-electron chi connectivity index (χ0n) is 12.3. The highest BCUT2D eigenvalue weighted by Crippen LogP contribution is 2.27. The molecular formula is C17H15Cl2FN2O. The second kappa shape index (κ2) is 6.77. The van der Waals surface area contributed by atoms with Crippen molar-refractivity contribution < 1.29 is 9.18 Å². The minimum Gasteiger partial charge on any atom is -0.368 e. The highest BCUT2D eigenvalue weighted by Gasteiger charge is 2.22. The van der Waals surface area contributed by atoms with Crippen LogP contribution in [-0.4, -0.2) is 37.0 Å². The third-order valence-electron chi connectivity index (χ3n) is 3.91. The quantitative estimate of drug-likeness (QED) is 0.812. The fraction of sp³-hybridized carbons (Fsp3) is 0.235. The Labute approximate surface area is 144 Å². The van der Waals surface area contributed by atoms with Gasteiger partial charge in [-0.25, -0.2) is 4.39 Å². The summed E-state index contributed by atoms with van der Waals surface area (Å²) >= 11 is 12.0. The molecule has 1 fully saturated rings. The Bertz CT molecular complexity index is 730. The van der Waals surface area contributed by atoms with Crippen LogP contribution in [0.2, 0.25) is 10.0 Å². The van der Waals surface area contributed by atoms with Crippen LogP contribution in [0.4, 0.5) is 10.1 Å². The van der Waals surface area contributed by atoms with E-state index in [1.54, 1.807) is 23.1 Å². The highest BCUT2D eigenvalue weighted by molar-refractivity contribution is 6.42. The molecule has 1 aliphatic rings. The summed E-state index contributed by atoms with van der Waals surface area (Å²) in [6.07, 6.45) is 0. The second-order valence-electron chi connectivity index (χ2n) is 5.39. The van der Waals surface area contributed by atoms with E-state index in [0.717, 1.165) is 5.69 Å². The Balaban J connectivity index is 1.66. The molecule has 0 saturated carbocycles. The summed E-state index contributed by atoms with van der Waals surface area (Å²) in [7, 11) is 0. The maximum absolute atomic E-state index is 13.2.